The lowest BCUT2D eigenvalue weighted by Crippen LogP contribution is -2.54. The molecule has 3 rings (SSSR count). The SMILES string of the molecule is Nc1nc([C@@H](N)C(=O)NC2Cc3cccc(C(=O)O)c3OB2O)cs1. The molecule has 0 radical (unpaired) electrons. The maximum absolute atomic E-state index is 12.3. The molecule has 2 heterocycles. The molecule has 0 spiro atoms. The molecule has 1 aromatic heterocycles. The maximum atomic E-state index is 12.3. The number of para-hydroxylation sites is 1. The number of carbonyl (C=O) groups is 2. The van der Waals surface area contributed by atoms with Crippen LogP contribution in [0, 0.1) is 0 Å². The number of aromatic nitrogens is 1. The van der Waals surface area contributed by atoms with Crippen molar-refractivity contribution in [1.29, 1.82) is 0 Å². The zero-order valence-electron chi connectivity index (χ0n) is 12.9. The number of nitrogen functional groups attached to an aromatic ring is 1. The highest BCUT2D eigenvalue weighted by Crippen LogP contribution is 2.30. The minimum absolute atomic E-state index is 0.0454. The molecule has 130 valence electrons. The molecular formula is C14H15BN4O5S. The molecule has 2 atom stereocenters. The van der Waals surface area contributed by atoms with Gasteiger partial charge >= 0.3 is 13.1 Å². The lowest BCUT2D eigenvalue weighted by molar-refractivity contribution is -0.123. The fraction of sp³-hybridized carbons (Fsp3) is 0.214. The van der Waals surface area contributed by atoms with Crippen molar-refractivity contribution in [2.75, 3.05) is 5.73 Å². The monoisotopic (exact) mass is 362 g/mol. The van der Waals surface area contributed by atoms with Crippen molar-refractivity contribution in [1.82, 2.24) is 10.3 Å². The van der Waals surface area contributed by atoms with Gasteiger partial charge in [-0.3, -0.25) is 4.79 Å². The Kier molecular flexibility index (Phi) is 4.62. The van der Waals surface area contributed by atoms with Crippen LogP contribution in [0.5, 0.6) is 5.75 Å². The first-order valence-corrected chi connectivity index (χ1v) is 8.21. The van der Waals surface area contributed by atoms with Gasteiger partial charge in [-0.05, 0) is 18.1 Å². The topological polar surface area (TPSA) is 161 Å². The molecule has 11 heteroatoms. The normalized spacial score (nSPS) is 17.4. The number of aromatic carboxylic acids is 1. The molecule has 25 heavy (non-hydrogen) atoms. The number of amides is 1. The first-order chi connectivity index (χ1) is 11.9. The quantitative estimate of drug-likeness (QED) is 0.458. The fourth-order valence-electron chi connectivity index (χ4n) is 2.57. The van der Waals surface area contributed by atoms with Crippen LogP contribution < -0.4 is 21.4 Å². The maximum Gasteiger partial charge on any atom is 0.547 e. The van der Waals surface area contributed by atoms with Gasteiger partial charge in [0, 0.05) is 5.38 Å². The molecule has 1 amide bonds. The number of rotatable bonds is 4. The molecule has 1 aliphatic heterocycles. The summed E-state index contributed by atoms with van der Waals surface area (Å²) in [4.78, 5) is 27.5. The van der Waals surface area contributed by atoms with Gasteiger partial charge in [0.1, 0.15) is 11.8 Å². The lowest BCUT2D eigenvalue weighted by atomic mass is 9.72. The third-order valence-corrected chi connectivity index (χ3v) is 4.51. The number of thiazole rings is 1. The summed E-state index contributed by atoms with van der Waals surface area (Å²) in [5.74, 6) is -2.37. The van der Waals surface area contributed by atoms with E-state index in [1.54, 1.807) is 17.5 Å². The summed E-state index contributed by atoms with van der Waals surface area (Å²) < 4.78 is 5.31. The molecular weight excluding hydrogens is 347 g/mol. The summed E-state index contributed by atoms with van der Waals surface area (Å²) in [6.07, 6.45) is 0.204. The third kappa shape index (κ3) is 3.43. The van der Waals surface area contributed by atoms with Crippen LogP contribution >= 0.6 is 11.3 Å². The van der Waals surface area contributed by atoms with Gasteiger partial charge < -0.3 is 31.6 Å². The first-order valence-electron chi connectivity index (χ1n) is 7.33. The van der Waals surface area contributed by atoms with Crippen LogP contribution in [0.2, 0.25) is 0 Å². The highest BCUT2D eigenvalue weighted by molar-refractivity contribution is 7.13. The Morgan fingerprint density at radius 3 is 2.88 bits per heavy atom. The van der Waals surface area contributed by atoms with Crippen molar-refractivity contribution >= 4 is 35.5 Å². The molecule has 9 nitrogen and oxygen atoms in total. The van der Waals surface area contributed by atoms with E-state index in [4.69, 9.17) is 16.1 Å². The second kappa shape index (κ2) is 6.71. The largest absolute Gasteiger partial charge is 0.547 e. The highest BCUT2D eigenvalue weighted by Gasteiger charge is 2.38. The number of carboxylic acids is 1. The summed E-state index contributed by atoms with van der Waals surface area (Å²) in [6.45, 7) is 0. The van der Waals surface area contributed by atoms with Crippen LogP contribution in [0.3, 0.4) is 0 Å². The first kappa shape index (κ1) is 17.2. The number of benzene rings is 1. The van der Waals surface area contributed by atoms with E-state index in [2.05, 4.69) is 10.3 Å². The molecule has 1 aliphatic rings. The second-order valence-corrected chi connectivity index (χ2v) is 6.40. The number of nitrogens with one attached hydrogen (secondary N) is 1. The number of nitrogens with zero attached hydrogens (tertiary/aromatic N) is 1. The van der Waals surface area contributed by atoms with E-state index in [0.717, 1.165) is 0 Å². The standard InChI is InChI=1S/C14H15BN4O5S/c16-10(8-5-25-14(17)18-8)12(20)19-9-4-6-2-1-3-7(13(21)22)11(6)24-15(9)23/h1-3,5,9-10,23H,4,16H2,(H2,17,18)(H,19,20)(H,21,22)/t9?,10-/m1/s1. The van der Waals surface area contributed by atoms with E-state index in [1.807, 2.05) is 0 Å². The highest BCUT2D eigenvalue weighted by atomic mass is 32.1. The van der Waals surface area contributed by atoms with E-state index < -0.39 is 31.0 Å². The minimum Gasteiger partial charge on any atom is -0.534 e. The molecule has 0 bridgehead atoms. The summed E-state index contributed by atoms with van der Waals surface area (Å²) in [5, 5.41) is 23.8. The molecule has 1 aromatic carbocycles. The van der Waals surface area contributed by atoms with Crippen molar-refractivity contribution < 1.29 is 24.4 Å². The van der Waals surface area contributed by atoms with E-state index in [0.29, 0.717) is 16.4 Å². The van der Waals surface area contributed by atoms with Crippen molar-refractivity contribution in [2.45, 2.75) is 18.4 Å². The molecule has 0 saturated carbocycles. The Labute approximate surface area is 146 Å². The van der Waals surface area contributed by atoms with Crippen LogP contribution in [0.25, 0.3) is 0 Å². The van der Waals surface area contributed by atoms with E-state index in [9.17, 15) is 19.7 Å². The number of carboxylic acid groups (broad SMARTS) is 1. The molecule has 0 saturated heterocycles. The number of carbonyl (C=O) groups excluding carboxylic acids is 1. The van der Waals surface area contributed by atoms with Crippen LogP contribution in [0.15, 0.2) is 23.6 Å². The number of fused-ring (bicyclic) bond motifs is 1. The molecule has 2 aromatic rings. The Balaban J connectivity index is 1.75. The predicted molar refractivity (Wildman–Crippen MR) is 91.1 cm³/mol. The Morgan fingerprint density at radius 2 is 2.24 bits per heavy atom. The van der Waals surface area contributed by atoms with E-state index in [1.165, 1.54) is 17.4 Å². The smallest absolute Gasteiger partial charge is 0.534 e. The van der Waals surface area contributed by atoms with Crippen molar-refractivity contribution in [2.24, 2.45) is 5.73 Å². The van der Waals surface area contributed by atoms with Gasteiger partial charge in [-0.1, -0.05) is 12.1 Å². The van der Waals surface area contributed by atoms with Crippen LogP contribution in [0.4, 0.5) is 5.13 Å². The minimum atomic E-state index is -1.40. The van der Waals surface area contributed by atoms with Crippen LogP contribution in [0.1, 0.15) is 27.7 Å². The van der Waals surface area contributed by atoms with Gasteiger partial charge in [-0.15, -0.1) is 11.3 Å². The Hall–Kier alpha value is -2.63. The van der Waals surface area contributed by atoms with Crippen molar-refractivity contribution in [3.63, 3.8) is 0 Å². The van der Waals surface area contributed by atoms with Gasteiger partial charge in [-0.2, -0.15) is 0 Å². The predicted octanol–water partition coefficient (Wildman–Crippen LogP) is -0.437. The number of hydrogen-bond donors (Lipinski definition) is 5. The lowest BCUT2D eigenvalue weighted by Gasteiger charge is -2.29. The van der Waals surface area contributed by atoms with Crippen LogP contribution in [-0.4, -0.2) is 40.1 Å². The zero-order valence-corrected chi connectivity index (χ0v) is 13.7. The van der Waals surface area contributed by atoms with Gasteiger partial charge in [0.15, 0.2) is 5.13 Å². The van der Waals surface area contributed by atoms with Gasteiger partial charge in [0.05, 0.1) is 17.2 Å². The van der Waals surface area contributed by atoms with Gasteiger partial charge in [0.25, 0.3) is 0 Å². The van der Waals surface area contributed by atoms with Crippen LogP contribution in [-0.2, 0) is 11.2 Å². The molecule has 7 N–H and O–H groups in total. The van der Waals surface area contributed by atoms with Gasteiger partial charge in [-0.25, -0.2) is 9.78 Å². The average Bonchev–Trinajstić information content (AvgIpc) is 3.00. The van der Waals surface area contributed by atoms with Gasteiger partial charge in [0.2, 0.25) is 5.91 Å². The number of nitrogens with two attached hydrogens (primary N) is 2. The van der Waals surface area contributed by atoms with E-state index in [-0.39, 0.29) is 17.7 Å². The second-order valence-electron chi connectivity index (χ2n) is 5.51. The van der Waals surface area contributed by atoms with Crippen molar-refractivity contribution in [3.05, 3.63) is 40.4 Å². The van der Waals surface area contributed by atoms with E-state index >= 15 is 0 Å². The number of anilines is 1. The Morgan fingerprint density at radius 1 is 1.48 bits per heavy atom. The fourth-order valence-corrected chi connectivity index (χ4v) is 3.17. The summed E-state index contributed by atoms with van der Waals surface area (Å²) in [5.41, 5.74) is 12.2. The number of hydrogen-bond acceptors (Lipinski definition) is 8. The third-order valence-electron chi connectivity index (χ3n) is 3.82. The summed E-state index contributed by atoms with van der Waals surface area (Å²) in [7, 11) is -1.40. The van der Waals surface area contributed by atoms with Crippen molar-refractivity contribution in [3.8, 4) is 5.75 Å². The molecule has 0 aliphatic carbocycles. The Bertz CT molecular complexity index is 829. The molecule has 1 unspecified atom stereocenters. The zero-order chi connectivity index (χ0) is 18.1. The average molecular weight is 362 g/mol. The summed E-state index contributed by atoms with van der Waals surface area (Å²) in [6, 6.07) is 3.60. The summed E-state index contributed by atoms with van der Waals surface area (Å²) >= 11 is 1.17. The molecule has 0 fully saturated rings.